The van der Waals surface area contributed by atoms with Crippen molar-refractivity contribution in [3.05, 3.63) is 30.5 Å². The highest BCUT2D eigenvalue weighted by atomic mass is 16.5. The van der Waals surface area contributed by atoms with E-state index in [1.165, 1.54) is 0 Å². The van der Waals surface area contributed by atoms with Gasteiger partial charge in [-0.3, -0.25) is 4.79 Å². The maximum atomic E-state index is 10.8. The lowest BCUT2D eigenvalue weighted by molar-refractivity contribution is -0.137. The Morgan fingerprint density at radius 3 is 2.83 bits per heavy atom. The van der Waals surface area contributed by atoms with Gasteiger partial charge >= 0.3 is 5.97 Å². The van der Waals surface area contributed by atoms with E-state index in [1.54, 1.807) is 20.2 Å². The van der Waals surface area contributed by atoms with Crippen LogP contribution in [0.1, 0.15) is 6.92 Å². The second kappa shape index (κ2) is 4.91. The van der Waals surface area contributed by atoms with Gasteiger partial charge in [-0.25, -0.2) is 4.98 Å². The lowest BCUT2D eigenvalue weighted by atomic mass is 10.1. The normalized spacial score (nSPS) is 12.1. The molecule has 2 rings (SSSR count). The van der Waals surface area contributed by atoms with Gasteiger partial charge < -0.3 is 15.2 Å². The number of aliphatic carboxylic acids is 1. The first-order chi connectivity index (χ1) is 8.63. The molecular formula is C13H14N2O3. The Balaban J connectivity index is 2.49. The molecule has 0 spiro atoms. The second-order valence-corrected chi connectivity index (χ2v) is 3.92. The van der Waals surface area contributed by atoms with Crippen LogP contribution < -0.4 is 10.1 Å². The third kappa shape index (κ3) is 2.20. The van der Waals surface area contributed by atoms with E-state index >= 15 is 0 Å². The van der Waals surface area contributed by atoms with E-state index in [0.717, 1.165) is 16.5 Å². The highest BCUT2D eigenvalue weighted by molar-refractivity contribution is 5.96. The number of benzene rings is 1. The molecule has 2 aromatic rings. The van der Waals surface area contributed by atoms with Crippen molar-refractivity contribution < 1.29 is 14.6 Å². The third-order valence-corrected chi connectivity index (χ3v) is 2.71. The molecule has 1 atom stereocenters. The number of hydrogen-bond acceptors (Lipinski definition) is 4. The van der Waals surface area contributed by atoms with Gasteiger partial charge in [0.2, 0.25) is 0 Å². The molecule has 0 aliphatic heterocycles. The molecule has 0 radical (unpaired) electrons. The molecule has 0 bridgehead atoms. The standard InChI is InChI=1S/C13H14N2O3/c1-8(13(16)17)15-12-10-4-3-5-11(18-2)9(10)6-7-14-12/h3-8H,1-2H3,(H,14,15)(H,16,17). The number of anilines is 1. The lowest BCUT2D eigenvalue weighted by Gasteiger charge is -2.13. The molecule has 0 saturated heterocycles. The van der Waals surface area contributed by atoms with Crippen LogP contribution in [0, 0.1) is 0 Å². The fourth-order valence-electron chi connectivity index (χ4n) is 1.74. The van der Waals surface area contributed by atoms with E-state index < -0.39 is 12.0 Å². The maximum Gasteiger partial charge on any atom is 0.325 e. The van der Waals surface area contributed by atoms with E-state index in [9.17, 15) is 4.79 Å². The molecule has 5 nitrogen and oxygen atoms in total. The Hall–Kier alpha value is -2.30. The summed E-state index contributed by atoms with van der Waals surface area (Å²) in [5.41, 5.74) is 0. The molecule has 0 aliphatic carbocycles. The van der Waals surface area contributed by atoms with Gasteiger partial charge in [0.25, 0.3) is 0 Å². The average molecular weight is 246 g/mol. The van der Waals surface area contributed by atoms with E-state index in [4.69, 9.17) is 9.84 Å². The fraction of sp³-hybridized carbons (Fsp3) is 0.231. The minimum atomic E-state index is -0.920. The van der Waals surface area contributed by atoms with Crippen molar-refractivity contribution in [3.8, 4) is 5.75 Å². The fourth-order valence-corrected chi connectivity index (χ4v) is 1.74. The molecule has 1 heterocycles. The van der Waals surface area contributed by atoms with Crippen LogP contribution >= 0.6 is 0 Å². The summed E-state index contributed by atoms with van der Waals surface area (Å²) in [5, 5.41) is 13.5. The van der Waals surface area contributed by atoms with Gasteiger partial charge in [-0.15, -0.1) is 0 Å². The number of hydrogen-bond donors (Lipinski definition) is 2. The first-order valence-electron chi connectivity index (χ1n) is 5.54. The molecule has 0 fully saturated rings. The summed E-state index contributed by atoms with van der Waals surface area (Å²) in [6, 6.07) is 6.72. The van der Waals surface area contributed by atoms with Crippen LogP contribution in [0.3, 0.4) is 0 Å². The van der Waals surface area contributed by atoms with Gasteiger partial charge in [0.1, 0.15) is 17.6 Å². The van der Waals surface area contributed by atoms with E-state index in [1.807, 2.05) is 24.3 Å². The summed E-state index contributed by atoms with van der Waals surface area (Å²) in [4.78, 5) is 15.0. The second-order valence-electron chi connectivity index (χ2n) is 3.92. The lowest BCUT2D eigenvalue weighted by Crippen LogP contribution is -2.25. The van der Waals surface area contributed by atoms with Crippen LogP contribution in [0.2, 0.25) is 0 Å². The number of carboxylic acid groups (broad SMARTS) is 1. The number of ether oxygens (including phenoxy) is 1. The zero-order chi connectivity index (χ0) is 13.1. The summed E-state index contributed by atoms with van der Waals surface area (Å²) in [6.07, 6.45) is 1.63. The number of carbonyl (C=O) groups is 1. The molecule has 5 heteroatoms. The number of methoxy groups -OCH3 is 1. The Bertz CT molecular complexity index is 583. The van der Waals surface area contributed by atoms with Crippen LogP contribution in [0.5, 0.6) is 5.75 Å². The third-order valence-electron chi connectivity index (χ3n) is 2.71. The van der Waals surface area contributed by atoms with E-state index in [0.29, 0.717) is 5.82 Å². The quantitative estimate of drug-likeness (QED) is 0.864. The van der Waals surface area contributed by atoms with Crippen LogP contribution in [-0.4, -0.2) is 29.2 Å². The predicted octanol–water partition coefficient (Wildman–Crippen LogP) is 2.13. The Morgan fingerprint density at radius 2 is 2.17 bits per heavy atom. The number of rotatable bonds is 4. The molecule has 0 saturated carbocycles. The van der Waals surface area contributed by atoms with Gasteiger partial charge in [-0.05, 0) is 19.1 Å². The number of pyridine rings is 1. The Labute approximate surface area is 104 Å². The summed E-state index contributed by atoms with van der Waals surface area (Å²) in [6.45, 7) is 1.57. The Morgan fingerprint density at radius 1 is 1.39 bits per heavy atom. The molecule has 0 amide bonds. The molecule has 0 aliphatic rings. The van der Waals surface area contributed by atoms with Crippen molar-refractivity contribution >= 4 is 22.6 Å². The van der Waals surface area contributed by atoms with Crippen molar-refractivity contribution in [2.45, 2.75) is 13.0 Å². The number of fused-ring (bicyclic) bond motifs is 1. The number of carboxylic acids is 1. The molecule has 1 aromatic heterocycles. The first-order valence-corrected chi connectivity index (χ1v) is 5.54. The van der Waals surface area contributed by atoms with Gasteiger partial charge in [-0.1, -0.05) is 12.1 Å². The van der Waals surface area contributed by atoms with Crippen LogP contribution in [0.25, 0.3) is 10.8 Å². The van der Waals surface area contributed by atoms with E-state index in [-0.39, 0.29) is 0 Å². The van der Waals surface area contributed by atoms with Crippen LogP contribution in [-0.2, 0) is 4.79 Å². The first kappa shape index (κ1) is 12.2. The molecule has 1 unspecified atom stereocenters. The monoisotopic (exact) mass is 246 g/mol. The minimum absolute atomic E-state index is 0.543. The largest absolute Gasteiger partial charge is 0.496 e. The summed E-state index contributed by atoms with van der Waals surface area (Å²) >= 11 is 0. The van der Waals surface area contributed by atoms with Crippen molar-refractivity contribution in [2.24, 2.45) is 0 Å². The topological polar surface area (TPSA) is 71.5 Å². The SMILES string of the molecule is COc1cccc2c(NC(C)C(=O)O)nccc12. The van der Waals surface area contributed by atoms with Gasteiger partial charge in [0, 0.05) is 17.0 Å². The van der Waals surface area contributed by atoms with Crippen molar-refractivity contribution in [3.63, 3.8) is 0 Å². The van der Waals surface area contributed by atoms with Gasteiger partial charge in [0.05, 0.1) is 7.11 Å². The summed E-state index contributed by atoms with van der Waals surface area (Å²) < 4.78 is 5.26. The Kier molecular flexibility index (Phi) is 3.32. The van der Waals surface area contributed by atoms with Gasteiger partial charge in [0.15, 0.2) is 0 Å². The van der Waals surface area contributed by atoms with E-state index in [2.05, 4.69) is 10.3 Å². The number of aromatic nitrogens is 1. The molecule has 94 valence electrons. The zero-order valence-electron chi connectivity index (χ0n) is 10.2. The van der Waals surface area contributed by atoms with Crippen LogP contribution in [0.15, 0.2) is 30.5 Å². The summed E-state index contributed by atoms with van der Waals surface area (Å²) in [5.74, 6) is 0.360. The molecular weight excluding hydrogens is 232 g/mol. The molecule has 1 aromatic carbocycles. The average Bonchev–Trinajstić information content (AvgIpc) is 2.38. The smallest absolute Gasteiger partial charge is 0.325 e. The predicted molar refractivity (Wildman–Crippen MR) is 69.0 cm³/mol. The van der Waals surface area contributed by atoms with Crippen molar-refractivity contribution in [2.75, 3.05) is 12.4 Å². The molecule has 18 heavy (non-hydrogen) atoms. The highest BCUT2D eigenvalue weighted by Crippen LogP contribution is 2.29. The van der Waals surface area contributed by atoms with Crippen molar-refractivity contribution in [1.82, 2.24) is 4.98 Å². The molecule has 2 N–H and O–H groups in total. The van der Waals surface area contributed by atoms with Crippen LogP contribution in [0.4, 0.5) is 5.82 Å². The minimum Gasteiger partial charge on any atom is -0.496 e. The number of nitrogens with one attached hydrogen (secondary N) is 1. The zero-order valence-corrected chi connectivity index (χ0v) is 10.2. The maximum absolute atomic E-state index is 10.8. The van der Waals surface area contributed by atoms with Crippen molar-refractivity contribution in [1.29, 1.82) is 0 Å². The van der Waals surface area contributed by atoms with Gasteiger partial charge in [-0.2, -0.15) is 0 Å². The number of nitrogens with zero attached hydrogens (tertiary/aromatic N) is 1. The summed E-state index contributed by atoms with van der Waals surface area (Å²) in [7, 11) is 1.60. The highest BCUT2D eigenvalue weighted by Gasteiger charge is 2.13.